The highest BCUT2D eigenvalue weighted by atomic mass is 16.5. The van der Waals surface area contributed by atoms with E-state index in [-0.39, 0.29) is 12.6 Å². The summed E-state index contributed by atoms with van der Waals surface area (Å²) in [5.74, 6) is 0. The summed E-state index contributed by atoms with van der Waals surface area (Å²) in [4.78, 5) is 0. The standard InChI is InChI=1S/C12H19NO3/c1-16-9-12(13-7-11(15)8-14)10-5-3-2-4-6-10/h2-6,11-15H,7-9H2,1H3. The number of aliphatic hydroxyl groups excluding tert-OH is 2. The first-order valence-corrected chi connectivity index (χ1v) is 5.34. The molecule has 0 bridgehead atoms. The molecule has 16 heavy (non-hydrogen) atoms. The number of nitrogens with one attached hydrogen (secondary N) is 1. The van der Waals surface area contributed by atoms with Gasteiger partial charge in [0, 0.05) is 13.7 Å². The van der Waals surface area contributed by atoms with Crippen molar-refractivity contribution in [2.75, 3.05) is 26.9 Å². The molecular weight excluding hydrogens is 206 g/mol. The Morgan fingerprint density at radius 2 is 2.00 bits per heavy atom. The number of hydrogen-bond donors (Lipinski definition) is 3. The van der Waals surface area contributed by atoms with Gasteiger partial charge in [-0.1, -0.05) is 30.3 Å². The lowest BCUT2D eigenvalue weighted by atomic mass is 10.1. The van der Waals surface area contributed by atoms with Gasteiger partial charge in [0.1, 0.15) is 0 Å². The molecule has 2 atom stereocenters. The largest absolute Gasteiger partial charge is 0.394 e. The maximum Gasteiger partial charge on any atom is 0.0895 e. The predicted molar refractivity (Wildman–Crippen MR) is 62.2 cm³/mol. The summed E-state index contributed by atoms with van der Waals surface area (Å²) < 4.78 is 5.12. The maximum absolute atomic E-state index is 9.27. The van der Waals surface area contributed by atoms with Gasteiger partial charge in [-0.3, -0.25) is 0 Å². The zero-order valence-electron chi connectivity index (χ0n) is 9.47. The van der Waals surface area contributed by atoms with E-state index in [1.807, 2.05) is 30.3 Å². The van der Waals surface area contributed by atoms with Crippen molar-refractivity contribution in [1.82, 2.24) is 5.32 Å². The fourth-order valence-corrected chi connectivity index (χ4v) is 1.47. The molecule has 0 aromatic heterocycles. The number of aliphatic hydroxyl groups is 2. The van der Waals surface area contributed by atoms with Crippen LogP contribution < -0.4 is 5.32 Å². The van der Waals surface area contributed by atoms with Gasteiger partial charge in [-0.2, -0.15) is 0 Å². The Balaban J connectivity index is 2.54. The Labute approximate surface area is 95.9 Å². The van der Waals surface area contributed by atoms with Crippen LogP contribution in [0.1, 0.15) is 11.6 Å². The molecule has 4 heteroatoms. The number of rotatable bonds is 7. The molecule has 1 rings (SSSR count). The summed E-state index contributed by atoms with van der Waals surface area (Å²) in [6.45, 7) is 0.642. The first kappa shape index (κ1) is 13.1. The third-order valence-corrected chi connectivity index (χ3v) is 2.35. The molecule has 0 fully saturated rings. The molecule has 3 N–H and O–H groups in total. The quantitative estimate of drug-likeness (QED) is 0.625. The van der Waals surface area contributed by atoms with E-state index < -0.39 is 6.10 Å². The van der Waals surface area contributed by atoms with Crippen LogP contribution in [0, 0.1) is 0 Å². The van der Waals surface area contributed by atoms with E-state index in [0.29, 0.717) is 13.2 Å². The van der Waals surface area contributed by atoms with Crippen LogP contribution in [0.2, 0.25) is 0 Å². The van der Waals surface area contributed by atoms with Crippen molar-refractivity contribution in [3.8, 4) is 0 Å². The Morgan fingerprint density at radius 1 is 1.31 bits per heavy atom. The van der Waals surface area contributed by atoms with Crippen LogP contribution in [0.3, 0.4) is 0 Å². The van der Waals surface area contributed by atoms with Crippen molar-refractivity contribution in [1.29, 1.82) is 0 Å². The number of ether oxygens (including phenoxy) is 1. The molecule has 0 aliphatic heterocycles. The van der Waals surface area contributed by atoms with Gasteiger partial charge in [0.2, 0.25) is 0 Å². The van der Waals surface area contributed by atoms with Crippen molar-refractivity contribution in [3.63, 3.8) is 0 Å². The van der Waals surface area contributed by atoms with Crippen LogP contribution in [0.5, 0.6) is 0 Å². The Hall–Kier alpha value is -0.940. The minimum atomic E-state index is -0.733. The maximum atomic E-state index is 9.27. The average Bonchev–Trinajstić information content (AvgIpc) is 2.35. The van der Waals surface area contributed by atoms with E-state index in [1.54, 1.807) is 7.11 Å². The van der Waals surface area contributed by atoms with Crippen molar-refractivity contribution in [2.45, 2.75) is 12.1 Å². The van der Waals surface area contributed by atoms with E-state index in [0.717, 1.165) is 5.56 Å². The third kappa shape index (κ3) is 4.28. The van der Waals surface area contributed by atoms with Crippen LogP contribution >= 0.6 is 0 Å². The second-order valence-electron chi connectivity index (χ2n) is 3.66. The topological polar surface area (TPSA) is 61.7 Å². The van der Waals surface area contributed by atoms with Gasteiger partial charge in [0.25, 0.3) is 0 Å². The van der Waals surface area contributed by atoms with Gasteiger partial charge in [-0.05, 0) is 5.56 Å². The van der Waals surface area contributed by atoms with Gasteiger partial charge in [-0.15, -0.1) is 0 Å². The Kier molecular flexibility index (Phi) is 6.03. The molecule has 2 unspecified atom stereocenters. The van der Waals surface area contributed by atoms with Gasteiger partial charge in [0.05, 0.1) is 25.4 Å². The summed E-state index contributed by atoms with van der Waals surface area (Å²) in [5.41, 5.74) is 1.11. The van der Waals surface area contributed by atoms with Crippen LogP contribution in [0.25, 0.3) is 0 Å². The van der Waals surface area contributed by atoms with Crippen LogP contribution in [0.15, 0.2) is 30.3 Å². The summed E-state index contributed by atoms with van der Waals surface area (Å²) in [7, 11) is 1.64. The SMILES string of the molecule is COCC(NCC(O)CO)c1ccccc1. The zero-order chi connectivity index (χ0) is 11.8. The van der Waals surface area contributed by atoms with Gasteiger partial charge in [0.15, 0.2) is 0 Å². The summed E-state index contributed by atoms with van der Waals surface area (Å²) in [5, 5.41) is 21.1. The predicted octanol–water partition coefficient (Wildman–Crippen LogP) is 0.317. The molecule has 0 saturated carbocycles. The van der Waals surface area contributed by atoms with Crippen molar-refractivity contribution >= 4 is 0 Å². The number of benzene rings is 1. The highest BCUT2D eigenvalue weighted by molar-refractivity contribution is 5.18. The minimum absolute atomic E-state index is 0.0346. The van der Waals surface area contributed by atoms with E-state index in [1.165, 1.54) is 0 Å². The Bertz CT molecular complexity index is 279. The van der Waals surface area contributed by atoms with Gasteiger partial charge < -0.3 is 20.3 Å². The zero-order valence-corrected chi connectivity index (χ0v) is 9.47. The van der Waals surface area contributed by atoms with E-state index in [2.05, 4.69) is 5.32 Å². The van der Waals surface area contributed by atoms with E-state index in [9.17, 15) is 5.11 Å². The normalized spacial score (nSPS) is 14.7. The third-order valence-electron chi connectivity index (χ3n) is 2.35. The molecule has 0 aliphatic carbocycles. The average molecular weight is 225 g/mol. The lowest BCUT2D eigenvalue weighted by Crippen LogP contribution is -2.34. The smallest absolute Gasteiger partial charge is 0.0895 e. The fraction of sp³-hybridized carbons (Fsp3) is 0.500. The summed E-state index contributed by atoms with van der Waals surface area (Å²) in [6, 6.07) is 9.91. The lowest BCUT2D eigenvalue weighted by molar-refractivity contribution is 0.0856. The molecule has 90 valence electrons. The van der Waals surface area contributed by atoms with Gasteiger partial charge in [-0.25, -0.2) is 0 Å². The molecule has 0 aliphatic rings. The number of methoxy groups -OCH3 is 1. The fourth-order valence-electron chi connectivity index (χ4n) is 1.47. The second-order valence-corrected chi connectivity index (χ2v) is 3.66. The van der Waals surface area contributed by atoms with Crippen molar-refractivity contribution in [2.24, 2.45) is 0 Å². The minimum Gasteiger partial charge on any atom is -0.394 e. The van der Waals surface area contributed by atoms with E-state index >= 15 is 0 Å². The molecule has 4 nitrogen and oxygen atoms in total. The van der Waals surface area contributed by atoms with Crippen LogP contribution in [-0.4, -0.2) is 43.2 Å². The van der Waals surface area contributed by atoms with E-state index in [4.69, 9.17) is 9.84 Å². The highest BCUT2D eigenvalue weighted by Crippen LogP contribution is 2.12. The van der Waals surface area contributed by atoms with Crippen LogP contribution in [-0.2, 0) is 4.74 Å². The van der Waals surface area contributed by atoms with Crippen molar-refractivity contribution < 1.29 is 14.9 Å². The lowest BCUT2D eigenvalue weighted by Gasteiger charge is -2.19. The first-order chi connectivity index (χ1) is 7.77. The molecule has 0 radical (unpaired) electrons. The summed E-state index contributed by atoms with van der Waals surface area (Å²) >= 11 is 0. The number of hydrogen-bond acceptors (Lipinski definition) is 4. The molecule has 0 spiro atoms. The molecule has 0 amide bonds. The molecule has 0 heterocycles. The monoisotopic (exact) mass is 225 g/mol. The molecule has 0 saturated heterocycles. The summed E-state index contributed by atoms with van der Waals surface area (Å²) in [6.07, 6.45) is -0.733. The van der Waals surface area contributed by atoms with Crippen LogP contribution in [0.4, 0.5) is 0 Å². The molecular formula is C12H19NO3. The molecule has 1 aromatic rings. The highest BCUT2D eigenvalue weighted by Gasteiger charge is 2.11. The second kappa shape index (κ2) is 7.35. The Morgan fingerprint density at radius 3 is 2.56 bits per heavy atom. The molecule has 1 aromatic carbocycles. The van der Waals surface area contributed by atoms with Gasteiger partial charge >= 0.3 is 0 Å². The van der Waals surface area contributed by atoms with Crippen molar-refractivity contribution in [3.05, 3.63) is 35.9 Å². The first-order valence-electron chi connectivity index (χ1n) is 5.34.